The molecule has 8 aromatic carbocycles. The van der Waals surface area contributed by atoms with Crippen LogP contribution in [-0.4, -0.2) is 6.71 Å². The van der Waals surface area contributed by atoms with E-state index in [1.54, 1.807) is 0 Å². The number of benzene rings is 8. The van der Waals surface area contributed by atoms with Crippen LogP contribution < -0.4 is 30.9 Å². The van der Waals surface area contributed by atoms with E-state index in [4.69, 9.17) is 4.74 Å². The summed E-state index contributed by atoms with van der Waals surface area (Å²) in [6.07, 6.45) is 0. The predicted molar refractivity (Wildman–Crippen MR) is 219 cm³/mol. The highest BCUT2D eigenvalue weighted by atomic mass is 32.2. The third kappa shape index (κ3) is 4.36. The molecule has 0 atom stereocenters. The first kappa shape index (κ1) is 29.6. The Morgan fingerprint density at radius 1 is 0.558 bits per heavy atom. The highest BCUT2D eigenvalue weighted by molar-refractivity contribution is 7.99. The number of nitrogens with zero attached hydrogens (tertiary/aromatic N) is 2. The average molecular weight is 683 g/mol. The zero-order valence-corrected chi connectivity index (χ0v) is 29.3. The highest BCUT2D eigenvalue weighted by Crippen LogP contribution is 2.52. The van der Waals surface area contributed by atoms with Gasteiger partial charge in [-0.25, -0.2) is 0 Å². The lowest BCUT2D eigenvalue weighted by Crippen LogP contribution is -2.59. The first-order chi connectivity index (χ1) is 25.7. The summed E-state index contributed by atoms with van der Waals surface area (Å²) in [6.45, 7) is 2.22. The van der Waals surface area contributed by atoms with Gasteiger partial charge < -0.3 is 14.5 Å². The van der Waals surface area contributed by atoms with Crippen LogP contribution in [0.2, 0.25) is 0 Å². The van der Waals surface area contributed by atoms with Crippen molar-refractivity contribution < 1.29 is 4.74 Å². The van der Waals surface area contributed by atoms with Gasteiger partial charge in [-0.3, -0.25) is 0 Å². The van der Waals surface area contributed by atoms with Gasteiger partial charge in [-0.2, -0.15) is 0 Å². The Kier molecular flexibility index (Phi) is 6.49. The number of hydrogen-bond donors (Lipinski definition) is 0. The second kappa shape index (κ2) is 11.4. The molecule has 8 aromatic rings. The fourth-order valence-electron chi connectivity index (χ4n) is 8.57. The van der Waals surface area contributed by atoms with E-state index in [9.17, 15) is 0 Å². The van der Waals surface area contributed by atoms with E-state index >= 15 is 0 Å². The molecule has 0 spiro atoms. The molecule has 0 fully saturated rings. The van der Waals surface area contributed by atoms with E-state index in [0.717, 1.165) is 34.2 Å². The summed E-state index contributed by atoms with van der Waals surface area (Å²) >= 11 is 1.87. The van der Waals surface area contributed by atoms with E-state index in [-0.39, 0.29) is 6.71 Å². The fraction of sp³-hybridized carbons (Fsp3) is 0.0213. The minimum Gasteiger partial charge on any atom is -0.458 e. The number of rotatable bonds is 4. The van der Waals surface area contributed by atoms with E-state index in [0.29, 0.717) is 0 Å². The van der Waals surface area contributed by atoms with Crippen LogP contribution >= 0.6 is 11.8 Å². The monoisotopic (exact) mass is 682 g/mol. The molecule has 52 heavy (non-hydrogen) atoms. The fourth-order valence-corrected chi connectivity index (χ4v) is 9.74. The molecule has 0 unspecified atom stereocenters. The van der Waals surface area contributed by atoms with Crippen molar-refractivity contribution in [1.29, 1.82) is 0 Å². The number of anilines is 6. The summed E-state index contributed by atoms with van der Waals surface area (Å²) in [4.78, 5) is 7.31. The van der Waals surface area contributed by atoms with Gasteiger partial charge in [-0.15, -0.1) is 0 Å². The maximum absolute atomic E-state index is 6.99. The summed E-state index contributed by atoms with van der Waals surface area (Å²) in [7, 11) is 0. The molecular formula is C47H31BN2OS. The molecule has 0 radical (unpaired) electrons. The van der Waals surface area contributed by atoms with E-state index in [1.807, 2.05) is 11.8 Å². The highest BCUT2D eigenvalue weighted by Gasteiger charge is 2.42. The second-order valence-corrected chi connectivity index (χ2v) is 14.9. The minimum absolute atomic E-state index is 0.0567. The van der Waals surface area contributed by atoms with Crippen molar-refractivity contribution in [3.05, 3.63) is 175 Å². The maximum Gasteiger partial charge on any atom is 0.256 e. The van der Waals surface area contributed by atoms with Crippen LogP contribution in [0.4, 0.5) is 34.1 Å². The molecule has 5 heteroatoms. The molecule has 0 amide bonds. The lowest BCUT2D eigenvalue weighted by molar-refractivity contribution is 0.487. The van der Waals surface area contributed by atoms with Gasteiger partial charge in [0.15, 0.2) is 0 Å². The number of aryl methyl sites for hydroxylation is 1. The van der Waals surface area contributed by atoms with Crippen molar-refractivity contribution in [3.63, 3.8) is 0 Å². The number of para-hydroxylation sites is 4. The second-order valence-electron chi connectivity index (χ2n) is 13.8. The molecule has 0 N–H and O–H groups in total. The van der Waals surface area contributed by atoms with E-state index < -0.39 is 0 Å². The summed E-state index contributed by atoms with van der Waals surface area (Å²) < 4.78 is 6.99. The average Bonchev–Trinajstić information content (AvgIpc) is 3.19. The van der Waals surface area contributed by atoms with Crippen molar-refractivity contribution in [2.24, 2.45) is 0 Å². The quantitative estimate of drug-likeness (QED) is 0.172. The Morgan fingerprint density at radius 2 is 1.27 bits per heavy atom. The molecule has 11 rings (SSSR count). The molecule has 3 heterocycles. The predicted octanol–water partition coefficient (Wildman–Crippen LogP) is 11.2. The lowest BCUT2D eigenvalue weighted by atomic mass is 9.34. The zero-order valence-electron chi connectivity index (χ0n) is 28.5. The maximum atomic E-state index is 6.99. The largest absolute Gasteiger partial charge is 0.458 e. The molecule has 0 aromatic heterocycles. The van der Waals surface area contributed by atoms with Crippen molar-refractivity contribution in [2.45, 2.75) is 16.7 Å². The first-order valence-corrected chi connectivity index (χ1v) is 18.6. The number of ether oxygens (including phenoxy) is 1. The third-order valence-corrected chi connectivity index (χ3v) is 11.8. The van der Waals surface area contributed by atoms with Gasteiger partial charge >= 0.3 is 0 Å². The summed E-state index contributed by atoms with van der Waals surface area (Å²) in [6, 6.07) is 61.5. The molecule has 0 bridgehead atoms. The SMILES string of the molecule is Cc1cc2c3c(c1)N(c1ccccc1)c1ccccc1B3c1cc3c(cc1O2)-c1ccc(N(c2ccccc2)c2ccccc2)c2cccc(c12)S3. The smallest absolute Gasteiger partial charge is 0.256 e. The van der Waals surface area contributed by atoms with Gasteiger partial charge in [0.2, 0.25) is 0 Å². The van der Waals surface area contributed by atoms with Crippen molar-refractivity contribution >= 4 is 79.8 Å². The summed E-state index contributed by atoms with van der Waals surface area (Å²) in [5.74, 6) is 1.87. The molecule has 3 aliphatic rings. The Morgan fingerprint density at radius 3 is 2.04 bits per heavy atom. The zero-order chi connectivity index (χ0) is 34.3. The van der Waals surface area contributed by atoms with Crippen LogP contribution in [-0.2, 0) is 0 Å². The van der Waals surface area contributed by atoms with E-state index in [1.165, 1.54) is 65.0 Å². The standard InChI is InChI=1S/C47H31BN2OS/c1-30-26-41-47-43(27-30)51-42-28-36-34-24-25-39(49(31-14-5-2-6-15-31)32-16-7-3-8-17-32)35-20-13-23-44(46(34)35)52-45(36)29-38(42)48(47)37-21-11-12-22-40(37)50(41)33-18-9-4-10-19-33/h2-29H,1H3. The lowest BCUT2D eigenvalue weighted by Gasteiger charge is -2.40. The van der Waals surface area contributed by atoms with Gasteiger partial charge in [0.1, 0.15) is 11.5 Å². The third-order valence-electron chi connectivity index (χ3n) is 10.7. The normalized spacial score (nSPS) is 13.1. The van der Waals surface area contributed by atoms with Crippen molar-refractivity contribution in [2.75, 3.05) is 9.80 Å². The van der Waals surface area contributed by atoms with Crippen LogP contribution in [0.1, 0.15) is 5.56 Å². The molecule has 0 aliphatic carbocycles. The molecule has 0 saturated carbocycles. The Labute approximate surface area is 307 Å². The molecule has 244 valence electrons. The Bertz CT molecular complexity index is 2680. The van der Waals surface area contributed by atoms with Crippen molar-refractivity contribution in [1.82, 2.24) is 0 Å². The van der Waals surface area contributed by atoms with Crippen LogP contribution in [0.15, 0.2) is 180 Å². The van der Waals surface area contributed by atoms with Crippen LogP contribution in [0, 0.1) is 6.92 Å². The molecule has 3 aliphatic heterocycles. The Balaban J connectivity index is 1.10. The van der Waals surface area contributed by atoms with Gasteiger partial charge in [0.05, 0.1) is 5.69 Å². The molecule has 0 saturated heterocycles. The van der Waals surface area contributed by atoms with E-state index in [2.05, 4.69) is 187 Å². The van der Waals surface area contributed by atoms with Crippen molar-refractivity contribution in [3.8, 4) is 22.6 Å². The minimum atomic E-state index is 0.0567. The number of fused-ring (bicyclic) bond motifs is 6. The van der Waals surface area contributed by atoms with Crippen LogP contribution in [0.3, 0.4) is 0 Å². The Hall–Kier alpha value is -6.17. The van der Waals surface area contributed by atoms with Crippen LogP contribution in [0.25, 0.3) is 21.9 Å². The summed E-state index contributed by atoms with van der Waals surface area (Å²) in [5, 5.41) is 2.51. The van der Waals surface area contributed by atoms with Gasteiger partial charge in [0, 0.05) is 49.0 Å². The molecular weight excluding hydrogens is 651 g/mol. The van der Waals surface area contributed by atoms with Gasteiger partial charge in [-0.1, -0.05) is 103 Å². The topological polar surface area (TPSA) is 15.7 Å². The van der Waals surface area contributed by atoms with Crippen LogP contribution in [0.5, 0.6) is 11.5 Å². The van der Waals surface area contributed by atoms with Gasteiger partial charge in [0.25, 0.3) is 6.71 Å². The van der Waals surface area contributed by atoms with Gasteiger partial charge in [-0.05, 0) is 119 Å². The molecule has 3 nitrogen and oxygen atoms in total. The number of hydrogen-bond acceptors (Lipinski definition) is 4. The first-order valence-electron chi connectivity index (χ1n) is 17.8. The summed E-state index contributed by atoms with van der Waals surface area (Å²) in [5.41, 5.74) is 14.4.